The van der Waals surface area contributed by atoms with Crippen LogP contribution < -0.4 is 0 Å². The molecule has 0 fully saturated rings. The van der Waals surface area contributed by atoms with Crippen LogP contribution in [0.4, 0.5) is 0 Å². The van der Waals surface area contributed by atoms with Gasteiger partial charge in [0.25, 0.3) is 0 Å². The van der Waals surface area contributed by atoms with Crippen molar-refractivity contribution in [2.45, 2.75) is 20.3 Å². The number of pyridine rings is 1. The topological polar surface area (TPSA) is 37.6 Å². The zero-order valence-corrected chi connectivity index (χ0v) is 11.8. The summed E-state index contributed by atoms with van der Waals surface area (Å²) in [5, 5.41) is 0. The van der Waals surface area contributed by atoms with Crippen molar-refractivity contribution in [2.75, 3.05) is 14.1 Å². The van der Waals surface area contributed by atoms with E-state index in [1.54, 1.807) is 6.92 Å². The molecule has 0 spiro atoms. The predicted octanol–water partition coefficient (Wildman–Crippen LogP) is 2.22. The minimum atomic E-state index is 0.107. The zero-order chi connectivity index (χ0) is 14.0. The number of carbonyl (C=O) groups is 1. The van der Waals surface area contributed by atoms with E-state index in [1.807, 2.05) is 61.0 Å². The van der Waals surface area contributed by atoms with Crippen LogP contribution in [0.25, 0.3) is 5.65 Å². The molecule has 2 heterocycles. The quantitative estimate of drug-likeness (QED) is 0.788. The molecule has 0 aromatic carbocycles. The predicted molar refractivity (Wildman–Crippen MR) is 76.1 cm³/mol. The van der Waals surface area contributed by atoms with Crippen LogP contribution in [0.5, 0.6) is 0 Å². The summed E-state index contributed by atoms with van der Waals surface area (Å²) >= 11 is 0. The van der Waals surface area contributed by atoms with Crippen LogP contribution in [0, 0.1) is 6.92 Å². The Morgan fingerprint density at radius 2 is 2.11 bits per heavy atom. The van der Waals surface area contributed by atoms with Gasteiger partial charge in [-0.3, -0.25) is 4.79 Å². The maximum absolute atomic E-state index is 11.6. The lowest BCUT2D eigenvalue weighted by Gasteiger charge is -2.10. The fourth-order valence-corrected chi connectivity index (χ4v) is 2.06. The fourth-order valence-electron chi connectivity index (χ4n) is 2.06. The Balaban J connectivity index is 2.31. The summed E-state index contributed by atoms with van der Waals surface area (Å²) in [5.74, 6) is 0.107. The molecule has 19 heavy (non-hydrogen) atoms. The molecular formula is C15H19N3O. The first-order valence-electron chi connectivity index (χ1n) is 6.28. The maximum atomic E-state index is 11.6. The second-order valence-corrected chi connectivity index (χ2v) is 5.04. The van der Waals surface area contributed by atoms with Crippen molar-refractivity contribution in [1.82, 2.24) is 14.3 Å². The molecule has 0 saturated heterocycles. The number of hydrogen-bond donors (Lipinski definition) is 0. The van der Waals surface area contributed by atoms with Crippen molar-refractivity contribution in [2.24, 2.45) is 0 Å². The molecule has 2 aromatic heterocycles. The molecule has 4 nitrogen and oxygen atoms in total. The van der Waals surface area contributed by atoms with Crippen LogP contribution in [-0.4, -0.2) is 34.2 Å². The highest BCUT2D eigenvalue weighted by atomic mass is 16.1. The first-order chi connectivity index (χ1) is 8.95. The van der Waals surface area contributed by atoms with Gasteiger partial charge in [0.15, 0.2) is 5.78 Å². The van der Waals surface area contributed by atoms with E-state index in [1.165, 1.54) is 0 Å². The Bertz CT molecular complexity index is 638. The van der Waals surface area contributed by atoms with Crippen LogP contribution in [0.15, 0.2) is 36.3 Å². The van der Waals surface area contributed by atoms with E-state index in [0.29, 0.717) is 6.42 Å². The molecule has 100 valence electrons. The molecule has 0 N–H and O–H groups in total. The van der Waals surface area contributed by atoms with E-state index in [0.717, 1.165) is 22.5 Å². The van der Waals surface area contributed by atoms with Gasteiger partial charge in [-0.25, -0.2) is 4.98 Å². The standard InChI is InChI=1S/C15H19N3O/c1-11-8-18-9-13(5-6-15(18)16-11)7-14(12(2)19)10-17(3)4/h5-6,8-10H,7H2,1-4H3/b14-10-. The van der Waals surface area contributed by atoms with Gasteiger partial charge in [0.1, 0.15) is 5.65 Å². The third-order valence-corrected chi connectivity index (χ3v) is 2.89. The lowest BCUT2D eigenvalue weighted by molar-refractivity contribution is -0.113. The molecule has 0 aliphatic carbocycles. The van der Waals surface area contributed by atoms with Gasteiger partial charge >= 0.3 is 0 Å². The van der Waals surface area contributed by atoms with Crippen LogP contribution in [0.2, 0.25) is 0 Å². The van der Waals surface area contributed by atoms with E-state index >= 15 is 0 Å². The van der Waals surface area contributed by atoms with E-state index in [-0.39, 0.29) is 5.78 Å². The molecule has 0 unspecified atom stereocenters. The molecule has 0 bridgehead atoms. The van der Waals surface area contributed by atoms with E-state index in [9.17, 15) is 4.79 Å². The number of aromatic nitrogens is 2. The summed E-state index contributed by atoms with van der Waals surface area (Å²) in [7, 11) is 3.84. The molecule has 2 rings (SSSR count). The monoisotopic (exact) mass is 257 g/mol. The molecule has 0 radical (unpaired) electrons. The Labute approximate surface area is 113 Å². The fraction of sp³-hybridized carbons (Fsp3) is 0.333. The van der Waals surface area contributed by atoms with Gasteiger partial charge in [0.05, 0.1) is 5.69 Å². The SMILES string of the molecule is CC(=O)/C(=C\N(C)C)Cc1ccc2nc(C)cn2c1. The third kappa shape index (κ3) is 3.22. The van der Waals surface area contributed by atoms with Gasteiger partial charge in [-0.05, 0) is 25.5 Å². The van der Waals surface area contributed by atoms with Crippen LogP contribution in [-0.2, 0) is 11.2 Å². The number of ketones is 1. The molecule has 4 heteroatoms. The summed E-state index contributed by atoms with van der Waals surface area (Å²) in [4.78, 5) is 17.9. The third-order valence-electron chi connectivity index (χ3n) is 2.89. The number of nitrogens with zero attached hydrogens (tertiary/aromatic N) is 3. The summed E-state index contributed by atoms with van der Waals surface area (Å²) in [5.41, 5.74) is 3.84. The van der Waals surface area contributed by atoms with Crippen molar-refractivity contribution in [3.8, 4) is 0 Å². The smallest absolute Gasteiger partial charge is 0.157 e. The molecule has 0 atom stereocenters. The molecule has 2 aromatic rings. The number of fused-ring (bicyclic) bond motifs is 1. The van der Waals surface area contributed by atoms with Gasteiger partial charge in [0.2, 0.25) is 0 Å². The molecule has 0 aliphatic heterocycles. The van der Waals surface area contributed by atoms with E-state index in [2.05, 4.69) is 4.98 Å². The van der Waals surface area contributed by atoms with E-state index < -0.39 is 0 Å². The van der Waals surface area contributed by atoms with Gasteiger partial charge in [0, 0.05) is 44.7 Å². The summed E-state index contributed by atoms with van der Waals surface area (Å²) in [6.45, 7) is 3.58. The first kappa shape index (κ1) is 13.3. The largest absolute Gasteiger partial charge is 0.383 e. The molecule has 0 amide bonds. The highest BCUT2D eigenvalue weighted by Gasteiger charge is 2.07. The Morgan fingerprint density at radius 3 is 2.74 bits per heavy atom. The first-order valence-corrected chi connectivity index (χ1v) is 6.28. The van der Waals surface area contributed by atoms with E-state index in [4.69, 9.17) is 0 Å². The Kier molecular flexibility index (Phi) is 3.69. The lowest BCUT2D eigenvalue weighted by atomic mass is 10.0. The number of rotatable bonds is 4. The highest BCUT2D eigenvalue weighted by Crippen LogP contribution is 2.12. The minimum absolute atomic E-state index is 0.107. The number of imidazole rings is 1. The van der Waals surface area contributed by atoms with Crippen molar-refractivity contribution < 1.29 is 4.79 Å². The van der Waals surface area contributed by atoms with Crippen LogP contribution in [0.1, 0.15) is 18.2 Å². The van der Waals surface area contributed by atoms with Crippen LogP contribution >= 0.6 is 0 Å². The number of Topliss-reactive ketones (excluding diaryl/α,β-unsaturated/α-hetero) is 1. The van der Waals surface area contributed by atoms with Crippen LogP contribution in [0.3, 0.4) is 0 Å². The molecule has 0 aliphatic rings. The summed E-state index contributed by atoms with van der Waals surface area (Å²) in [6.07, 6.45) is 6.54. The van der Waals surface area contributed by atoms with Crippen molar-refractivity contribution in [3.05, 3.63) is 47.6 Å². The van der Waals surface area contributed by atoms with Gasteiger partial charge in [-0.15, -0.1) is 0 Å². The Hall–Kier alpha value is -2.10. The van der Waals surface area contributed by atoms with Crippen molar-refractivity contribution in [1.29, 1.82) is 0 Å². The van der Waals surface area contributed by atoms with Crippen molar-refractivity contribution in [3.63, 3.8) is 0 Å². The number of aryl methyl sites for hydroxylation is 1. The number of carbonyl (C=O) groups excluding carboxylic acids is 1. The average molecular weight is 257 g/mol. The minimum Gasteiger partial charge on any atom is -0.383 e. The van der Waals surface area contributed by atoms with Gasteiger partial charge < -0.3 is 9.30 Å². The number of allylic oxidation sites excluding steroid dienone is 1. The second-order valence-electron chi connectivity index (χ2n) is 5.04. The average Bonchev–Trinajstić information content (AvgIpc) is 2.66. The zero-order valence-electron chi connectivity index (χ0n) is 11.8. The van der Waals surface area contributed by atoms with Crippen molar-refractivity contribution >= 4 is 11.4 Å². The number of hydrogen-bond acceptors (Lipinski definition) is 3. The van der Waals surface area contributed by atoms with Gasteiger partial charge in [-0.1, -0.05) is 6.07 Å². The lowest BCUT2D eigenvalue weighted by Crippen LogP contribution is -2.09. The molecular weight excluding hydrogens is 238 g/mol. The highest BCUT2D eigenvalue weighted by molar-refractivity contribution is 5.93. The maximum Gasteiger partial charge on any atom is 0.157 e. The normalized spacial score (nSPS) is 11.9. The summed E-state index contributed by atoms with van der Waals surface area (Å²) in [6, 6.07) is 4.00. The van der Waals surface area contributed by atoms with Gasteiger partial charge in [-0.2, -0.15) is 0 Å². The molecule has 0 saturated carbocycles. The summed E-state index contributed by atoms with van der Waals surface area (Å²) < 4.78 is 2.00. The second kappa shape index (κ2) is 5.26. The Morgan fingerprint density at radius 1 is 1.37 bits per heavy atom.